The SMILES string of the molecule is COC(=O)C1(C)Cc2c(OC)c3c(c(OC)c2C1O)CCOC3. The molecule has 126 valence electrons. The summed E-state index contributed by atoms with van der Waals surface area (Å²) < 4.78 is 21.7. The van der Waals surface area contributed by atoms with E-state index in [0.717, 1.165) is 16.7 Å². The third-order valence-electron chi connectivity index (χ3n) is 4.98. The van der Waals surface area contributed by atoms with Crippen molar-refractivity contribution in [3.63, 3.8) is 0 Å². The Balaban J connectivity index is 2.26. The summed E-state index contributed by atoms with van der Waals surface area (Å²) in [7, 11) is 4.51. The molecular formula is C17H22O6. The molecule has 0 fully saturated rings. The van der Waals surface area contributed by atoms with E-state index in [9.17, 15) is 9.90 Å². The molecule has 1 aliphatic carbocycles. The van der Waals surface area contributed by atoms with Crippen molar-refractivity contribution in [2.75, 3.05) is 27.9 Å². The van der Waals surface area contributed by atoms with Gasteiger partial charge in [0.2, 0.25) is 0 Å². The molecule has 2 aliphatic rings. The number of carbonyl (C=O) groups excluding carboxylic acids is 1. The van der Waals surface area contributed by atoms with Crippen LogP contribution < -0.4 is 9.47 Å². The highest BCUT2D eigenvalue weighted by Crippen LogP contribution is 2.55. The van der Waals surface area contributed by atoms with Crippen LogP contribution >= 0.6 is 0 Å². The zero-order valence-electron chi connectivity index (χ0n) is 13.9. The van der Waals surface area contributed by atoms with Gasteiger partial charge in [-0.3, -0.25) is 4.79 Å². The number of fused-ring (bicyclic) bond motifs is 2. The predicted molar refractivity (Wildman–Crippen MR) is 81.7 cm³/mol. The largest absolute Gasteiger partial charge is 0.496 e. The topological polar surface area (TPSA) is 74.2 Å². The first kappa shape index (κ1) is 16.1. The number of hydrogen-bond donors (Lipinski definition) is 1. The van der Waals surface area contributed by atoms with E-state index in [1.807, 2.05) is 0 Å². The Morgan fingerprint density at radius 1 is 1.17 bits per heavy atom. The summed E-state index contributed by atoms with van der Waals surface area (Å²) in [5.41, 5.74) is 2.31. The van der Waals surface area contributed by atoms with Crippen LogP contribution in [0.15, 0.2) is 0 Å². The second-order valence-corrected chi connectivity index (χ2v) is 6.21. The first-order valence-corrected chi connectivity index (χ1v) is 7.62. The number of aliphatic hydroxyl groups is 1. The maximum atomic E-state index is 12.2. The molecular weight excluding hydrogens is 300 g/mol. The Hall–Kier alpha value is -1.79. The number of methoxy groups -OCH3 is 3. The summed E-state index contributed by atoms with van der Waals surface area (Å²) in [6, 6.07) is 0. The molecule has 1 heterocycles. The molecule has 0 spiro atoms. The van der Waals surface area contributed by atoms with E-state index >= 15 is 0 Å². The van der Waals surface area contributed by atoms with E-state index in [2.05, 4.69) is 0 Å². The highest BCUT2D eigenvalue weighted by atomic mass is 16.5. The molecule has 0 amide bonds. The Labute approximate surface area is 135 Å². The first-order valence-electron chi connectivity index (χ1n) is 7.62. The first-order chi connectivity index (χ1) is 11.0. The predicted octanol–water partition coefficient (Wildman–Crippen LogP) is 1.55. The molecule has 0 bridgehead atoms. The van der Waals surface area contributed by atoms with Gasteiger partial charge < -0.3 is 24.1 Å². The van der Waals surface area contributed by atoms with E-state index < -0.39 is 17.5 Å². The summed E-state index contributed by atoms with van der Waals surface area (Å²) >= 11 is 0. The van der Waals surface area contributed by atoms with Gasteiger partial charge in [-0.15, -0.1) is 0 Å². The molecule has 0 saturated carbocycles. The highest BCUT2D eigenvalue weighted by molar-refractivity contribution is 5.81. The average Bonchev–Trinajstić information content (AvgIpc) is 2.84. The third-order valence-corrected chi connectivity index (χ3v) is 4.98. The van der Waals surface area contributed by atoms with Crippen LogP contribution in [0.3, 0.4) is 0 Å². The molecule has 1 aliphatic heterocycles. The van der Waals surface area contributed by atoms with Crippen LogP contribution in [0.2, 0.25) is 0 Å². The maximum absolute atomic E-state index is 12.2. The molecule has 3 rings (SSSR count). The fourth-order valence-electron chi connectivity index (χ4n) is 3.79. The Morgan fingerprint density at radius 2 is 1.87 bits per heavy atom. The molecule has 0 aromatic heterocycles. The fourth-order valence-corrected chi connectivity index (χ4v) is 3.79. The number of benzene rings is 1. The van der Waals surface area contributed by atoms with Gasteiger partial charge in [0.05, 0.1) is 46.1 Å². The standard InChI is InChI=1S/C17H22O6/c1-17(16(19)22-4)7-10-12(15(17)18)14(21-3)9-5-6-23-8-11(9)13(10)20-2/h15,18H,5-8H2,1-4H3. The number of ether oxygens (including phenoxy) is 4. The van der Waals surface area contributed by atoms with Crippen molar-refractivity contribution in [3.8, 4) is 11.5 Å². The van der Waals surface area contributed by atoms with Crippen LogP contribution in [0.1, 0.15) is 35.3 Å². The molecule has 23 heavy (non-hydrogen) atoms. The van der Waals surface area contributed by atoms with Crippen LogP contribution in [-0.4, -0.2) is 39.0 Å². The summed E-state index contributed by atoms with van der Waals surface area (Å²) in [5.74, 6) is 0.876. The summed E-state index contributed by atoms with van der Waals surface area (Å²) in [6.45, 7) is 2.74. The maximum Gasteiger partial charge on any atom is 0.314 e. The Kier molecular flexibility index (Phi) is 3.98. The highest BCUT2D eigenvalue weighted by Gasteiger charge is 2.52. The van der Waals surface area contributed by atoms with Crippen molar-refractivity contribution in [1.82, 2.24) is 0 Å². The van der Waals surface area contributed by atoms with E-state index in [1.165, 1.54) is 7.11 Å². The van der Waals surface area contributed by atoms with E-state index in [1.54, 1.807) is 21.1 Å². The van der Waals surface area contributed by atoms with Crippen molar-refractivity contribution in [3.05, 3.63) is 22.3 Å². The third kappa shape index (κ3) is 2.12. The van der Waals surface area contributed by atoms with Crippen LogP contribution in [0, 0.1) is 5.41 Å². The molecule has 1 aromatic carbocycles. The monoisotopic (exact) mass is 322 g/mol. The molecule has 1 N–H and O–H groups in total. The van der Waals surface area contributed by atoms with Gasteiger partial charge in [0, 0.05) is 22.3 Å². The van der Waals surface area contributed by atoms with Crippen LogP contribution in [-0.2, 0) is 33.7 Å². The normalized spacial score (nSPS) is 25.5. The minimum atomic E-state index is -1.05. The summed E-state index contributed by atoms with van der Waals surface area (Å²) in [4.78, 5) is 12.2. The van der Waals surface area contributed by atoms with Gasteiger partial charge in [-0.25, -0.2) is 0 Å². The second-order valence-electron chi connectivity index (χ2n) is 6.21. The van der Waals surface area contributed by atoms with Gasteiger partial charge in [-0.1, -0.05) is 0 Å². The Bertz CT molecular complexity index is 653. The number of hydrogen-bond acceptors (Lipinski definition) is 6. The van der Waals surface area contributed by atoms with Crippen LogP contribution in [0.4, 0.5) is 0 Å². The molecule has 6 heteroatoms. The van der Waals surface area contributed by atoms with Gasteiger partial charge in [0.15, 0.2) is 0 Å². The van der Waals surface area contributed by atoms with Crippen molar-refractivity contribution in [2.45, 2.75) is 32.5 Å². The van der Waals surface area contributed by atoms with Crippen molar-refractivity contribution >= 4 is 5.97 Å². The average molecular weight is 322 g/mol. The molecule has 6 nitrogen and oxygen atoms in total. The zero-order valence-corrected chi connectivity index (χ0v) is 13.9. The lowest BCUT2D eigenvalue weighted by atomic mass is 9.85. The number of esters is 1. The van der Waals surface area contributed by atoms with Crippen LogP contribution in [0.25, 0.3) is 0 Å². The number of aliphatic hydroxyl groups excluding tert-OH is 1. The number of carbonyl (C=O) groups is 1. The van der Waals surface area contributed by atoms with Crippen molar-refractivity contribution in [2.24, 2.45) is 5.41 Å². The number of rotatable bonds is 3. The lowest BCUT2D eigenvalue weighted by Crippen LogP contribution is -2.33. The summed E-state index contributed by atoms with van der Waals surface area (Å²) in [6.07, 6.45) is 0.0224. The fraction of sp³-hybridized carbons (Fsp3) is 0.588. The minimum absolute atomic E-state index is 0.336. The smallest absolute Gasteiger partial charge is 0.314 e. The quantitative estimate of drug-likeness (QED) is 0.851. The molecule has 0 saturated heterocycles. The van der Waals surface area contributed by atoms with Gasteiger partial charge in [0.1, 0.15) is 11.5 Å². The van der Waals surface area contributed by atoms with Crippen LogP contribution in [0.5, 0.6) is 11.5 Å². The molecule has 0 radical (unpaired) electrons. The second kappa shape index (κ2) is 5.69. The van der Waals surface area contributed by atoms with Gasteiger partial charge in [0.25, 0.3) is 0 Å². The lowest BCUT2D eigenvalue weighted by Gasteiger charge is -2.27. The molecule has 1 aromatic rings. The van der Waals surface area contributed by atoms with Gasteiger partial charge >= 0.3 is 5.97 Å². The van der Waals surface area contributed by atoms with Crippen molar-refractivity contribution in [1.29, 1.82) is 0 Å². The van der Waals surface area contributed by atoms with E-state index in [-0.39, 0.29) is 0 Å². The van der Waals surface area contributed by atoms with E-state index in [4.69, 9.17) is 18.9 Å². The van der Waals surface area contributed by atoms with Gasteiger partial charge in [-0.05, 0) is 19.8 Å². The molecule has 2 atom stereocenters. The lowest BCUT2D eigenvalue weighted by molar-refractivity contribution is -0.158. The zero-order chi connectivity index (χ0) is 16.8. The summed E-state index contributed by atoms with van der Waals surface area (Å²) in [5, 5.41) is 10.9. The molecule has 2 unspecified atom stereocenters. The van der Waals surface area contributed by atoms with Gasteiger partial charge in [-0.2, -0.15) is 0 Å². The van der Waals surface area contributed by atoms with Crippen molar-refractivity contribution < 1.29 is 28.8 Å². The Morgan fingerprint density at radius 3 is 2.48 bits per heavy atom. The minimum Gasteiger partial charge on any atom is -0.496 e. The van der Waals surface area contributed by atoms with E-state index in [0.29, 0.717) is 43.1 Å².